The van der Waals surface area contributed by atoms with Gasteiger partial charge in [-0.05, 0) is 13.8 Å². The first kappa shape index (κ1) is 14.9. The molecule has 1 saturated heterocycles. The maximum Gasteiger partial charge on any atom is 0.141 e. The smallest absolute Gasteiger partial charge is 0.141 e. The number of Topliss-reactive ketones (excluding diaryl/α,β-unsaturated/α-hetero) is 1. The Morgan fingerprint density at radius 2 is 2.35 bits per heavy atom. The van der Waals surface area contributed by atoms with Crippen LogP contribution in [0.15, 0.2) is 6.20 Å². The summed E-state index contributed by atoms with van der Waals surface area (Å²) >= 11 is 0. The summed E-state index contributed by atoms with van der Waals surface area (Å²) in [7, 11) is 1.64. The molecule has 0 amide bonds. The number of hydrogen-bond donors (Lipinski definition) is 1. The second-order valence-electron chi connectivity index (χ2n) is 5.16. The summed E-state index contributed by atoms with van der Waals surface area (Å²) in [5, 5.41) is 3.23. The van der Waals surface area contributed by atoms with Crippen LogP contribution in [-0.2, 0) is 16.0 Å². The minimum absolute atomic E-state index is 0.0103. The van der Waals surface area contributed by atoms with E-state index in [1.54, 1.807) is 13.3 Å². The average Bonchev–Trinajstić information content (AvgIpc) is 2.44. The van der Waals surface area contributed by atoms with Crippen LogP contribution in [0.4, 0.5) is 0 Å². The van der Waals surface area contributed by atoms with Gasteiger partial charge in [-0.15, -0.1) is 0 Å². The van der Waals surface area contributed by atoms with Crippen molar-refractivity contribution >= 4 is 5.78 Å². The van der Waals surface area contributed by atoms with E-state index in [-0.39, 0.29) is 11.9 Å². The zero-order chi connectivity index (χ0) is 14.5. The maximum absolute atomic E-state index is 12.1. The Morgan fingerprint density at radius 3 is 3.00 bits per heavy atom. The molecule has 0 radical (unpaired) electrons. The van der Waals surface area contributed by atoms with Crippen LogP contribution in [0.5, 0.6) is 5.75 Å². The van der Waals surface area contributed by atoms with Gasteiger partial charge in [-0.3, -0.25) is 9.78 Å². The minimum Gasteiger partial charge on any atom is -0.496 e. The summed E-state index contributed by atoms with van der Waals surface area (Å²) in [4.78, 5) is 16.5. The van der Waals surface area contributed by atoms with E-state index in [1.165, 1.54) is 0 Å². The lowest BCUT2D eigenvalue weighted by atomic mass is 10.0. The van der Waals surface area contributed by atoms with Gasteiger partial charge < -0.3 is 14.8 Å². The molecule has 20 heavy (non-hydrogen) atoms. The van der Waals surface area contributed by atoms with Crippen LogP contribution < -0.4 is 10.1 Å². The Balaban J connectivity index is 2.00. The molecule has 1 fully saturated rings. The molecule has 1 aliphatic heterocycles. The quantitative estimate of drug-likeness (QED) is 0.877. The summed E-state index contributed by atoms with van der Waals surface area (Å²) in [6, 6.07) is 0. The van der Waals surface area contributed by atoms with Crippen LogP contribution in [0, 0.1) is 13.8 Å². The second kappa shape index (κ2) is 6.81. The number of rotatable bonds is 5. The summed E-state index contributed by atoms with van der Waals surface area (Å²) < 4.78 is 10.9. The number of methoxy groups -OCH3 is 1. The van der Waals surface area contributed by atoms with Crippen LogP contribution in [0.2, 0.25) is 0 Å². The fourth-order valence-corrected chi connectivity index (χ4v) is 2.51. The molecule has 0 saturated carbocycles. The Labute approximate surface area is 119 Å². The van der Waals surface area contributed by atoms with Gasteiger partial charge in [0.1, 0.15) is 11.5 Å². The van der Waals surface area contributed by atoms with Crippen molar-refractivity contribution < 1.29 is 14.3 Å². The largest absolute Gasteiger partial charge is 0.496 e. The van der Waals surface area contributed by atoms with Gasteiger partial charge in [0.05, 0.1) is 25.5 Å². The van der Waals surface area contributed by atoms with Gasteiger partial charge in [0.25, 0.3) is 0 Å². The van der Waals surface area contributed by atoms with Crippen molar-refractivity contribution in [2.24, 2.45) is 0 Å². The molecule has 1 aromatic rings. The SMILES string of the molecule is COc1c(C)cnc(CC(=O)CC2CNCCO2)c1C. The number of ketones is 1. The number of pyridine rings is 1. The molecule has 1 aliphatic rings. The molecule has 0 spiro atoms. The zero-order valence-electron chi connectivity index (χ0n) is 12.4. The van der Waals surface area contributed by atoms with Crippen LogP contribution in [-0.4, -0.2) is 43.7 Å². The van der Waals surface area contributed by atoms with Gasteiger partial charge >= 0.3 is 0 Å². The van der Waals surface area contributed by atoms with Crippen molar-refractivity contribution in [3.63, 3.8) is 0 Å². The lowest BCUT2D eigenvalue weighted by molar-refractivity contribution is -0.121. The summed E-state index contributed by atoms with van der Waals surface area (Å²) in [6.07, 6.45) is 2.52. The molecule has 5 nitrogen and oxygen atoms in total. The Bertz CT molecular complexity index is 482. The third kappa shape index (κ3) is 3.55. The molecule has 0 bridgehead atoms. The molecule has 2 heterocycles. The molecule has 1 aromatic heterocycles. The molecule has 2 rings (SSSR count). The molecule has 0 aromatic carbocycles. The van der Waals surface area contributed by atoms with E-state index in [0.29, 0.717) is 19.4 Å². The van der Waals surface area contributed by atoms with E-state index in [4.69, 9.17) is 9.47 Å². The normalized spacial score (nSPS) is 18.9. The van der Waals surface area contributed by atoms with Crippen molar-refractivity contribution in [2.75, 3.05) is 26.8 Å². The molecule has 0 aliphatic carbocycles. The number of aromatic nitrogens is 1. The van der Waals surface area contributed by atoms with Crippen LogP contribution >= 0.6 is 0 Å². The fourth-order valence-electron chi connectivity index (χ4n) is 2.51. The first-order valence-corrected chi connectivity index (χ1v) is 6.95. The van der Waals surface area contributed by atoms with Crippen LogP contribution in [0.3, 0.4) is 0 Å². The number of ether oxygens (including phenoxy) is 2. The lowest BCUT2D eigenvalue weighted by Crippen LogP contribution is -2.39. The summed E-state index contributed by atoms with van der Waals surface area (Å²) in [6.45, 7) is 6.18. The molecule has 110 valence electrons. The number of nitrogens with one attached hydrogen (secondary N) is 1. The number of carbonyl (C=O) groups excluding carboxylic acids is 1. The van der Waals surface area contributed by atoms with Crippen molar-refractivity contribution in [1.82, 2.24) is 10.3 Å². The fraction of sp³-hybridized carbons (Fsp3) is 0.600. The van der Waals surface area contributed by atoms with Gasteiger partial charge in [-0.1, -0.05) is 0 Å². The first-order valence-electron chi connectivity index (χ1n) is 6.95. The van der Waals surface area contributed by atoms with Gasteiger partial charge in [-0.2, -0.15) is 0 Å². The Kier molecular flexibility index (Phi) is 5.09. The van der Waals surface area contributed by atoms with Crippen molar-refractivity contribution in [1.29, 1.82) is 0 Å². The lowest BCUT2D eigenvalue weighted by Gasteiger charge is -2.23. The highest BCUT2D eigenvalue weighted by atomic mass is 16.5. The van der Waals surface area contributed by atoms with E-state index in [2.05, 4.69) is 10.3 Å². The molecular weight excluding hydrogens is 256 g/mol. The maximum atomic E-state index is 12.1. The van der Waals surface area contributed by atoms with Gasteiger partial charge in [-0.25, -0.2) is 0 Å². The number of morpholine rings is 1. The molecule has 1 N–H and O–H groups in total. The van der Waals surface area contributed by atoms with Gasteiger partial charge in [0.2, 0.25) is 0 Å². The van der Waals surface area contributed by atoms with E-state index < -0.39 is 0 Å². The number of aryl methyl sites for hydroxylation is 1. The van der Waals surface area contributed by atoms with E-state index >= 15 is 0 Å². The predicted molar refractivity (Wildman–Crippen MR) is 76.2 cm³/mol. The minimum atomic E-state index is -0.0103. The number of carbonyl (C=O) groups is 1. The van der Waals surface area contributed by atoms with Gasteiger partial charge in [0.15, 0.2) is 0 Å². The number of hydrogen-bond acceptors (Lipinski definition) is 5. The highest BCUT2D eigenvalue weighted by molar-refractivity contribution is 5.81. The van der Waals surface area contributed by atoms with Crippen LogP contribution in [0.25, 0.3) is 0 Å². The second-order valence-corrected chi connectivity index (χ2v) is 5.16. The highest BCUT2D eigenvalue weighted by Crippen LogP contribution is 2.24. The summed E-state index contributed by atoms with van der Waals surface area (Å²) in [5.74, 6) is 0.971. The monoisotopic (exact) mass is 278 g/mol. The standard InChI is InChI=1S/C15H22N2O3/c1-10-8-17-14(11(2)15(10)19-3)7-12(18)6-13-9-16-4-5-20-13/h8,13,16H,4-7,9H2,1-3H3. The topological polar surface area (TPSA) is 60.5 Å². The van der Waals surface area contributed by atoms with Crippen molar-refractivity contribution in [3.8, 4) is 5.75 Å². The van der Waals surface area contributed by atoms with Crippen LogP contribution in [0.1, 0.15) is 23.2 Å². The predicted octanol–water partition coefficient (Wildman–Crippen LogP) is 1.20. The van der Waals surface area contributed by atoms with E-state index in [1.807, 2.05) is 13.8 Å². The van der Waals surface area contributed by atoms with Crippen molar-refractivity contribution in [3.05, 3.63) is 23.0 Å². The summed E-state index contributed by atoms with van der Waals surface area (Å²) in [5.41, 5.74) is 2.73. The van der Waals surface area contributed by atoms with E-state index in [0.717, 1.165) is 35.7 Å². The zero-order valence-corrected chi connectivity index (χ0v) is 12.4. The van der Waals surface area contributed by atoms with Gasteiger partial charge in [0, 0.05) is 43.3 Å². The molecule has 1 unspecified atom stereocenters. The van der Waals surface area contributed by atoms with E-state index in [9.17, 15) is 4.79 Å². The Hall–Kier alpha value is -1.46. The highest BCUT2D eigenvalue weighted by Gasteiger charge is 2.19. The molecular formula is C15H22N2O3. The average molecular weight is 278 g/mol. The van der Waals surface area contributed by atoms with Crippen molar-refractivity contribution in [2.45, 2.75) is 32.8 Å². The third-order valence-corrected chi connectivity index (χ3v) is 3.57. The number of nitrogens with zero attached hydrogens (tertiary/aromatic N) is 1. The Morgan fingerprint density at radius 1 is 1.55 bits per heavy atom. The molecule has 1 atom stereocenters. The molecule has 5 heteroatoms. The first-order chi connectivity index (χ1) is 9.61. The third-order valence-electron chi connectivity index (χ3n) is 3.57.